The van der Waals surface area contributed by atoms with Crippen LogP contribution in [0.3, 0.4) is 0 Å². The second-order valence-electron chi connectivity index (χ2n) is 8.75. The molecule has 38 heavy (non-hydrogen) atoms. The third-order valence-electron chi connectivity index (χ3n) is 6.24. The molecule has 2 aromatic carbocycles. The number of hydrogen-bond donors (Lipinski definition) is 2. The van der Waals surface area contributed by atoms with Crippen LogP contribution in [0.5, 0.6) is 5.75 Å². The quantitative estimate of drug-likeness (QED) is 0.336. The van der Waals surface area contributed by atoms with Crippen molar-refractivity contribution in [1.82, 2.24) is 4.90 Å². The first kappa shape index (κ1) is 27.3. The molecule has 2 N–H and O–H groups in total. The van der Waals surface area contributed by atoms with Crippen LogP contribution in [0, 0.1) is 0 Å². The van der Waals surface area contributed by atoms with E-state index in [-0.39, 0.29) is 11.1 Å². The third kappa shape index (κ3) is 6.22. The molecule has 1 unspecified atom stereocenters. The number of anilines is 1. The molecule has 0 radical (unpaired) electrons. The Kier molecular flexibility index (Phi) is 8.17. The summed E-state index contributed by atoms with van der Waals surface area (Å²) >= 11 is 1.22. The minimum atomic E-state index is -4.85. The lowest BCUT2D eigenvalue weighted by Crippen LogP contribution is -2.43. The number of aliphatic carboxylic acids is 1. The highest BCUT2D eigenvalue weighted by Crippen LogP contribution is 2.35. The summed E-state index contributed by atoms with van der Waals surface area (Å²) in [5.41, 5.74) is 0.951. The fourth-order valence-corrected chi connectivity index (χ4v) is 5.51. The van der Waals surface area contributed by atoms with Crippen LogP contribution >= 0.6 is 11.3 Å². The molecule has 0 spiro atoms. The Labute approximate surface area is 220 Å². The third-order valence-corrected chi connectivity index (χ3v) is 7.43. The molecule has 11 heteroatoms. The summed E-state index contributed by atoms with van der Waals surface area (Å²) in [5, 5.41) is 12.9. The number of halogens is 3. The largest absolute Gasteiger partial charge is 0.573 e. The van der Waals surface area contributed by atoms with Gasteiger partial charge in [0.1, 0.15) is 22.8 Å². The number of ketones is 1. The van der Waals surface area contributed by atoms with Crippen molar-refractivity contribution >= 4 is 34.0 Å². The molecule has 3 aromatic rings. The van der Waals surface area contributed by atoms with E-state index >= 15 is 0 Å². The van der Waals surface area contributed by atoms with Crippen molar-refractivity contribution in [3.63, 3.8) is 0 Å². The van der Waals surface area contributed by atoms with Crippen LogP contribution in [0.25, 0.3) is 0 Å². The number of hydrogen-bond acceptors (Lipinski definition) is 6. The second kappa shape index (κ2) is 11.4. The standard InChI is InChI=1S/C27H25F3N2O5S/c1-2-19-15-20(23(33)17-10-12-18(13-11-17)37-27(28,29)30)25(38-19)31-24(34)22(16-7-4-3-5-8-16)32-14-6-9-21(32)26(35)36/h3-5,7-8,10-13,15,21-22H,2,6,9,14H2,1H3,(H,31,34)(H,35,36)/t21-,22?/m1/s1. The van der Waals surface area contributed by atoms with E-state index in [0.29, 0.717) is 36.4 Å². The van der Waals surface area contributed by atoms with Gasteiger partial charge in [0, 0.05) is 17.0 Å². The molecule has 4 rings (SSSR count). The zero-order valence-electron chi connectivity index (χ0n) is 20.3. The SMILES string of the molecule is CCc1cc(C(=O)c2ccc(OC(F)(F)F)cc2)c(NC(=O)C(c2ccccc2)N2CCC[C@@H]2C(=O)O)s1. The van der Waals surface area contributed by atoms with E-state index in [1.165, 1.54) is 23.5 Å². The van der Waals surface area contributed by atoms with Crippen LogP contribution in [-0.2, 0) is 16.0 Å². The molecule has 1 fully saturated rings. The molecule has 1 aliphatic heterocycles. The molecule has 1 aliphatic rings. The lowest BCUT2D eigenvalue weighted by Gasteiger charge is -2.30. The zero-order valence-corrected chi connectivity index (χ0v) is 21.1. The number of aryl methyl sites for hydroxylation is 1. The molecule has 200 valence electrons. The highest BCUT2D eigenvalue weighted by atomic mass is 32.1. The summed E-state index contributed by atoms with van der Waals surface area (Å²) in [7, 11) is 0. The van der Waals surface area contributed by atoms with Gasteiger partial charge in [-0.15, -0.1) is 24.5 Å². The van der Waals surface area contributed by atoms with Gasteiger partial charge in [0.2, 0.25) is 5.91 Å². The van der Waals surface area contributed by atoms with Gasteiger partial charge in [0.15, 0.2) is 5.78 Å². The number of carbonyl (C=O) groups excluding carboxylic acids is 2. The van der Waals surface area contributed by atoms with Gasteiger partial charge in [-0.2, -0.15) is 0 Å². The van der Waals surface area contributed by atoms with Crippen molar-refractivity contribution < 1.29 is 37.4 Å². The van der Waals surface area contributed by atoms with Gasteiger partial charge in [-0.1, -0.05) is 37.3 Å². The van der Waals surface area contributed by atoms with Crippen LogP contribution < -0.4 is 10.1 Å². The number of carbonyl (C=O) groups is 3. The van der Waals surface area contributed by atoms with E-state index in [9.17, 15) is 32.7 Å². The normalized spacial score (nSPS) is 16.7. The minimum Gasteiger partial charge on any atom is -0.480 e. The Balaban J connectivity index is 1.63. The van der Waals surface area contributed by atoms with Crippen molar-refractivity contribution in [3.8, 4) is 5.75 Å². The Morgan fingerprint density at radius 2 is 1.82 bits per heavy atom. The fraction of sp³-hybridized carbons (Fsp3) is 0.296. The summed E-state index contributed by atoms with van der Waals surface area (Å²) in [6.07, 6.45) is -3.21. The number of likely N-dealkylation sites (tertiary alicyclic amines) is 1. The maximum Gasteiger partial charge on any atom is 0.573 e. The number of nitrogens with one attached hydrogen (secondary N) is 1. The summed E-state index contributed by atoms with van der Waals surface area (Å²) < 4.78 is 41.3. The summed E-state index contributed by atoms with van der Waals surface area (Å²) in [6, 6.07) is 13.3. The summed E-state index contributed by atoms with van der Waals surface area (Å²) in [5.74, 6) is -2.41. The van der Waals surface area contributed by atoms with E-state index in [1.54, 1.807) is 41.3 Å². The first-order valence-electron chi connectivity index (χ1n) is 11.9. The number of amides is 1. The molecular formula is C27H25F3N2O5S. The highest BCUT2D eigenvalue weighted by Gasteiger charge is 2.40. The van der Waals surface area contributed by atoms with Crippen LogP contribution in [-0.4, -0.2) is 46.6 Å². The average molecular weight is 547 g/mol. The minimum absolute atomic E-state index is 0.126. The van der Waals surface area contributed by atoms with Gasteiger partial charge in [0.05, 0.1) is 5.56 Å². The molecule has 0 saturated carbocycles. The monoisotopic (exact) mass is 546 g/mol. The molecule has 2 atom stereocenters. The Morgan fingerprint density at radius 1 is 1.13 bits per heavy atom. The predicted molar refractivity (Wildman–Crippen MR) is 135 cm³/mol. The topological polar surface area (TPSA) is 95.9 Å². The van der Waals surface area contributed by atoms with Crippen molar-refractivity contribution in [2.24, 2.45) is 0 Å². The van der Waals surface area contributed by atoms with Crippen LogP contribution in [0.4, 0.5) is 18.2 Å². The number of carboxylic acid groups (broad SMARTS) is 1. The molecule has 1 aromatic heterocycles. The maximum absolute atomic E-state index is 13.7. The van der Waals surface area contributed by atoms with E-state index in [2.05, 4.69) is 10.1 Å². The van der Waals surface area contributed by atoms with Crippen molar-refractivity contribution in [2.45, 2.75) is 44.6 Å². The van der Waals surface area contributed by atoms with Gasteiger partial charge < -0.3 is 15.2 Å². The van der Waals surface area contributed by atoms with Crippen LogP contribution in [0.1, 0.15) is 52.2 Å². The number of carboxylic acids is 1. The Hall–Kier alpha value is -3.70. The van der Waals surface area contributed by atoms with E-state index in [4.69, 9.17) is 0 Å². The molecular weight excluding hydrogens is 521 g/mol. The number of nitrogens with zero attached hydrogens (tertiary/aromatic N) is 1. The highest BCUT2D eigenvalue weighted by molar-refractivity contribution is 7.16. The fourth-order valence-electron chi connectivity index (χ4n) is 4.51. The summed E-state index contributed by atoms with van der Waals surface area (Å²) in [6.45, 7) is 2.32. The predicted octanol–water partition coefficient (Wildman–Crippen LogP) is 5.67. The molecule has 0 bridgehead atoms. The molecule has 2 heterocycles. The summed E-state index contributed by atoms with van der Waals surface area (Å²) in [4.78, 5) is 41.4. The second-order valence-corrected chi connectivity index (χ2v) is 9.88. The smallest absolute Gasteiger partial charge is 0.480 e. The van der Waals surface area contributed by atoms with Gasteiger partial charge in [-0.3, -0.25) is 19.3 Å². The number of ether oxygens (including phenoxy) is 1. The Morgan fingerprint density at radius 3 is 2.42 bits per heavy atom. The molecule has 0 aliphatic carbocycles. The zero-order chi connectivity index (χ0) is 27.4. The van der Waals surface area contributed by atoms with Crippen LogP contribution in [0.15, 0.2) is 60.7 Å². The molecule has 1 saturated heterocycles. The number of benzene rings is 2. The first-order chi connectivity index (χ1) is 18.1. The van der Waals surface area contributed by atoms with Crippen LogP contribution in [0.2, 0.25) is 0 Å². The lowest BCUT2D eigenvalue weighted by atomic mass is 10.0. The number of rotatable bonds is 9. The average Bonchev–Trinajstić information content (AvgIpc) is 3.51. The van der Waals surface area contributed by atoms with E-state index < -0.39 is 41.9 Å². The van der Waals surface area contributed by atoms with E-state index in [0.717, 1.165) is 17.0 Å². The van der Waals surface area contributed by atoms with Gasteiger partial charge >= 0.3 is 12.3 Å². The van der Waals surface area contributed by atoms with Crippen molar-refractivity contribution in [2.75, 3.05) is 11.9 Å². The van der Waals surface area contributed by atoms with Gasteiger partial charge in [-0.25, -0.2) is 0 Å². The van der Waals surface area contributed by atoms with Crippen molar-refractivity contribution in [1.29, 1.82) is 0 Å². The number of alkyl halides is 3. The number of thiophene rings is 1. The lowest BCUT2D eigenvalue weighted by molar-refractivity contribution is -0.274. The molecule has 7 nitrogen and oxygen atoms in total. The van der Waals surface area contributed by atoms with Gasteiger partial charge in [0.25, 0.3) is 0 Å². The first-order valence-corrected chi connectivity index (χ1v) is 12.8. The van der Waals surface area contributed by atoms with Gasteiger partial charge in [-0.05, 0) is 55.2 Å². The maximum atomic E-state index is 13.7. The van der Waals surface area contributed by atoms with E-state index in [1.807, 2.05) is 6.92 Å². The van der Waals surface area contributed by atoms with Crippen molar-refractivity contribution in [3.05, 3.63) is 82.2 Å². The Bertz CT molecular complexity index is 1310. The molecule has 1 amide bonds.